The van der Waals surface area contributed by atoms with E-state index in [9.17, 15) is 19.2 Å². The highest BCUT2D eigenvalue weighted by atomic mass is 16.5. The predicted molar refractivity (Wildman–Crippen MR) is 110 cm³/mol. The summed E-state index contributed by atoms with van der Waals surface area (Å²) in [5.74, 6) is -1.64. The smallest absolute Gasteiger partial charge is 0.339 e. The molecule has 0 aliphatic heterocycles. The number of hydrogen-bond donors (Lipinski definition) is 3. The lowest BCUT2D eigenvalue weighted by Crippen LogP contribution is -2.28. The Balaban J connectivity index is 1.43. The summed E-state index contributed by atoms with van der Waals surface area (Å²) >= 11 is 0. The number of anilines is 1. The van der Waals surface area contributed by atoms with E-state index < -0.39 is 24.0 Å². The molecule has 4 rings (SSSR count). The molecule has 8 nitrogen and oxygen atoms in total. The maximum absolute atomic E-state index is 12.5. The van der Waals surface area contributed by atoms with Gasteiger partial charge < -0.3 is 20.4 Å². The number of esters is 1. The Labute approximate surface area is 171 Å². The summed E-state index contributed by atoms with van der Waals surface area (Å²) in [5.41, 5.74) is 0.798. The number of carbonyl (C=O) groups is 3. The second-order valence-corrected chi connectivity index (χ2v) is 7.01. The molecule has 0 saturated heterocycles. The zero-order chi connectivity index (χ0) is 21.1. The largest absolute Gasteiger partial charge is 0.452 e. The molecule has 0 atom stereocenters. The Hall–Kier alpha value is -3.94. The van der Waals surface area contributed by atoms with Gasteiger partial charge in [-0.25, -0.2) is 4.79 Å². The number of aromatic nitrogens is 1. The Morgan fingerprint density at radius 3 is 2.53 bits per heavy atom. The van der Waals surface area contributed by atoms with Crippen LogP contribution in [0.1, 0.15) is 33.6 Å². The lowest BCUT2D eigenvalue weighted by molar-refractivity contribution is -0.119. The molecule has 3 N–H and O–H groups in total. The Kier molecular flexibility index (Phi) is 5.30. The molecule has 0 spiro atoms. The van der Waals surface area contributed by atoms with Crippen molar-refractivity contribution in [3.63, 3.8) is 0 Å². The number of carbonyl (C=O) groups excluding carboxylic acids is 3. The summed E-state index contributed by atoms with van der Waals surface area (Å²) in [6, 6.07) is 14.7. The van der Waals surface area contributed by atoms with Crippen LogP contribution in [0.3, 0.4) is 0 Å². The molecule has 1 saturated carbocycles. The Bertz CT molecular complexity index is 1200. The van der Waals surface area contributed by atoms with Crippen molar-refractivity contribution in [2.24, 2.45) is 0 Å². The van der Waals surface area contributed by atoms with Crippen molar-refractivity contribution < 1.29 is 19.1 Å². The van der Waals surface area contributed by atoms with Crippen LogP contribution in [0.5, 0.6) is 0 Å². The minimum absolute atomic E-state index is 0.0753. The van der Waals surface area contributed by atoms with Crippen LogP contribution in [0.25, 0.3) is 10.9 Å². The van der Waals surface area contributed by atoms with Gasteiger partial charge in [0.1, 0.15) is 0 Å². The van der Waals surface area contributed by atoms with Crippen molar-refractivity contribution in [1.82, 2.24) is 10.3 Å². The Morgan fingerprint density at radius 1 is 1.00 bits per heavy atom. The predicted octanol–water partition coefficient (Wildman–Crippen LogP) is 2.22. The second kappa shape index (κ2) is 8.20. The van der Waals surface area contributed by atoms with Gasteiger partial charge in [0.05, 0.1) is 16.8 Å². The number of ether oxygens (including phenoxy) is 1. The van der Waals surface area contributed by atoms with Crippen LogP contribution < -0.4 is 16.2 Å². The highest BCUT2D eigenvalue weighted by Gasteiger charge is 2.25. The zero-order valence-electron chi connectivity index (χ0n) is 15.9. The van der Waals surface area contributed by atoms with Crippen molar-refractivity contribution in [3.05, 3.63) is 76.1 Å². The fourth-order valence-electron chi connectivity index (χ4n) is 3.05. The average Bonchev–Trinajstić information content (AvgIpc) is 3.55. The average molecular weight is 405 g/mol. The fourth-order valence-corrected chi connectivity index (χ4v) is 3.05. The van der Waals surface area contributed by atoms with Gasteiger partial charge in [-0.2, -0.15) is 0 Å². The highest BCUT2D eigenvalue weighted by molar-refractivity contribution is 6.06. The summed E-state index contributed by atoms with van der Waals surface area (Å²) < 4.78 is 5.10. The maximum atomic E-state index is 12.5. The number of amides is 2. The topological polar surface area (TPSA) is 117 Å². The minimum atomic E-state index is -0.785. The molecule has 1 aliphatic carbocycles. The normalized spacial score (nSPS) is 12.9. The van der Waals surface area contributed by atoms with Crippen molar-refractivity contribution in [1.29, 1.82) is 0 Å². The molecule has 0 radical (unpaired) electrons. The van der Waals surface area contributed by atoms with Crippen LogP contribution in [-0.2, 0) is 9.53 Å². The first kappa shape index (κ1) is 19.4. The molecule has 0 bridgehead atoms. The molecule has 8 heteroatoms. The van der Waals surface area contributed by atoms with Crippen LogP contribution in [0.4, 0.5) is 5.69 Å². The van der Waals surface area contributed by atoms with Crippen molar-refractivity contribution in [2.45, 2.75) is 18.9 Å². The van der Waals surface area contributed by atoms with E-state index in [2.05, 4.69) is 15.6 Å². The standard InChI is InChI=1S/C22H19N3O5/c26-19-11-16(14-5-1-3-7-17(14)24-19)22(29)30-12-20(27)25-18-8-4-2-6-15(18)21(28)23-13-9-10-13/h1-8,11,13H,9-10,12H2,(H,23,28)(H,24,26)(H,25,27). The molecule has 2 amide bonds. The number of fused-ring (bicyclic) bond motifs is 1. The van der Waals surface area contributed by atoms with Crippen LogP contribution in [0, 0.1) is 0 Å². The van der Waals surface area contributed by atoms with E-state index in [0.29, 0.717) is 22.2 Å². The minimum Gasteiger partial charge on any atom is -0.452 e. The molecule has 1 fully saturated rings. The molecule has 1 aromatic heterocycles. The quantitative estimate of drug-likeness (QED) is 0.544. The van der Waals surface area contributed by atoms with Crippen molar-refractivity contribution in [2.75, 3.05) is 11.9 Å². The number of nitrogens with one attached hydrogen (secondary N) is 3. The Morgan fingerprint density at radius 2 is 1.73 bits per heavy atom. The first-order valence-electron chi connectivity index (χ1n) is 9.50. The maximum Gasteiger partial charge on any atom is 0.339 e. The lowest BCUT2D eigenvalue weighted by Gasteiger charge is -2.11. The van der Waals surface area contributed by atoms with E-state index in [0.717, 1.165) is 18.9 Å². The first-order valence-corrected chi connectivity index (χ1v) is 9.50. The van der Waals surface area contributed by atoms with E-state index in [-0.39, 0.29) is 17.5 Å². The van der Waals surface area contributed by atoms with Gasteiger partial charge in [0.2, 0.25) is 5.56 Å². The number of H-pyrrole nitrogens is 1. The van der Waals surface area contributed by atoms with E-state index in [4.69, 9.17) is 4.74 Å². The van der Waals surface area contributed by atoms with Crippen LogP contribution in [-0.4, -0.2) is 35.4 Å². The van der Waals surface area contributed by atoms with Gasteiger partial charge in [0, 0.05) is 23.0 Å². The number of hydrogen-bond acceptors (Lipinski definition) is 5. The van der Waals surface area contributed by atoms with E-state index in [1.54, 1.807) is 48.5 Å². The third kappa shape index (κ3) is 4.38. The van der Waals surface area contributed by atoms with E-state index in [1.807, 2.05) is 0 Å². The molecule has 1 heterocycles. The lowest BCUT2D eigenvalue weighted by atomic mass is 10.1. The van der Waals surface area contributed by atoms with Gasteiger partial charge in [-0.1, -0.05) is 30.3 Å². The summed E-state index contributed by atoms with van der Waals surface area (Å²) in [6.45, 7) is -0.557. The van der Waals surface area contributed by atoms with E-state index >= 15 is 0 Å². The summed E-state index contributed by atoms with van der Waals surface area (Å²) in [5, 5.41) is 5.98. The third-order valence-electron chi connectivity index (χ3n) is 4.66. The van der Waals surface area contributed by atoms with Gasteiger partial charge >= 0.3 is 5.97 Å². The van der Waals surface area contributed by atoms with Crippen LogP contribution in [0.15, 0.2) is 59.4 Å². The molecule has 0 unspecified atom stereocenters. The molecular formula is C22H19N3O5. The van der Waals surface area contributed by atoms with E-state index in [1.165, 1.54) is 0 Å². The monoisotopic (exact) mass is 405 g/mol. The summed E-state index contributed by atoms with van der Waals surface area (Å²) in [4.78, 5) is 51.5. The SMILES string of the molecule is O=C(COC(=O)c1cc(=O)[nH]c2ccccc12)Nc1ccccc1C(=O)NC1CC1. The first-order chi connectivity index (χ1) is 14.5. The summed E-state index contributed by atoms with van der Waals surface area (Å²) in [6.07, 6.45) is 1.90. The van der Waals surface area contributed by atoms with Gasteiger partial charge in [-0.15, -0.1) is 0 Å². The fraction of sp³-hybridized carbons (Fsp3) is 0.182. The highest BCUT2D eigenvalue weighted by Crippen LogP contribution is 2.21. The van der Waals surface area contributed by atoms with Crippen molar-refractivity contribution >= 4 is 34.4 Å². The van der Waals surface area contributed by atoms with Crippen molar-refractivity contribution in [3.8, 4) is 0 Å². The number of para-hydroxylation sites is 2. The number of pyridine rings is 1. The molecule has 2 aromatic carbocycles. The van der Waals surface area contributed by atoms with Gasteiger partial charge in [0.25, 0.3) is 11.8 Å². The van der Waals surface area contributed by atoms with Crippen LogP contribution >= 0.6 is 0 Å². The zero-order valence-corrected chi connectivity index (χ0v) is 15.9. The number of benzene rings is 2. The molecular weight excluding hydrogens is 386 g/mol. The van der Waals surface area contributed by atoms with Gasteiger partial charge in [0.15, 0.2) is 6.61 Å². The molecule has 1 aliphatic rings. The third-order valence-corrected chi connectivity index (χ3v) is 4.66. The van der Waals surface area contributed by atoms with Crippen LogP contribution in [0.2, 0.25) is 0 Å². The molecule has 30 heavy (non-hydrogen) atoms. The second-order valence-electron chi connectivity index (χ2n) is 7.01. The molecule has 3 aromatic rings. The van der Waals surface area contributed by atoms with Gasteiger partial charge in [-0.3, -0.25) is 14.4 Å². The summed E-state index contributed by atoms with van der Waals surface area (Å²) in [7, 11) is 0. The number of aromatic amines is 1. The molecule has 152 valence electrons. The number of rotatable bonds is 6. The van der Waals surface area contributed by atoms with Gasteiger partial charge in [-0.05, 0) is 31.0 Å².